The van der Waals surface area contributed by atoms with Crippen LogP contribution >= 0.6 is 0 Å². The molecular weight excluding hydrogens is 334 g/mol. The molecule has 2 aromatic rings. The van der Waals surface area contributed by atoms with Crippen LogP contribution in [0.15, 0.2) is 42.5 Å². The summed E-state index contributed by atoms with van der Waals surface area (Å²) in [5.41, 5.74) is 1.24. The second-order valence-corrected chi connectivity index (χ2v) is 5.97. The molecule has 0 saturated carbocycles. The predicted molar refractivity (Wildman–Crippen MR) is 98.7 cm³/mol. The van der Waals surface area contributed by atoms with Crippen molar-refractivity contribution in [1.82, 2.24) is 0 Å². The number of carbonyl (C=O) groups is 2. The lowest BCUT2D eigenvalue weighted by Crippen LogP contribution is -2.22. The van der Waals surface area contributed by atoms with Gasteiger partial charge in [-0.25, -0.2) is 4.79 Å². The highest BCUT2D eigenvalue weighted by Crippen LogP contribution is 2.35. The van der Waals surface area contributed by atoms with Crippen molar-refractivity contribution in [3.05, 3.63) is 48.0 Å². The second kappa shape index (κ2) is 9.46. The fourth-order valence-corrected chi connectivity index (χ4v) is 2.51. The van der Waals surface area contributed by atoms with Gasteiger partial charge in [-0.3, -0.25) is 4.79 Å². The molecule has 0 aliphatic carbocycles. The first-order chi connectivity index (χ1) is 12.5. The molecule has 0 radical (unpaired) electrons. The topological polar surface area (TPSA) is 95.9 Å². The normalized spacial score (nSPS) is 10.3. The number of para-hydroxylation sites is 2. The van der Waals surface area contributed by atoms with Gasteiger partial charge in [0.1, 0.15) is 0 Å². The zero-order valence-corrected chi connectivity index (χ0v) is 14.7. The lowest BCUT2D eigenvalue weighted by molar-refractivity contribution is -0.147. The zero-order chi connectivity index (χ0) is 18.9. The molecule has 0 atom stereocenters. The van der Waals surface area contributed by atoms with E-state index >= 15 is 0 Å². The van der Waals surface area contributed by atoms with Gasteiger partial charge in [0.25, 0.3) is 0 Å². The van der Waals surface area contributed by atoms with Gasteiger partial charge in [-0.1, -0.05) is 44.4 Å². The van der Waals surface area contributed by atoms with Gasteiger partial charge < -0.3 is 20.3 Å². The number of nitrogens with one attached hydrogen (secondary N) is 1. The minimum absolute atomic E-state index is 0.00245. The summed E-state index contributed by atoms with van der Waals surface area (Å²) < 4.78 is 5.66. The van der Waals surface area contributed by atoms with E-state index in [9.17, 15) is 14.7 Å². The number of aliphatic carboxylic acids is 1. The van der Waals surface area contributed by atoms with Gasteiger partial charge in [0, 0.05) is 0 Å². The summed E-state index contributed by atoms with van der Waals surface area (Å²) in [4.78, 5) is 22.1. The van der Waals surface area contributed by atoms with Crippen molar-refractivity contribution in [2.24, 2.45) is 0 Å². The van der Waals surface area contributed by atoms with Crippen LogP contribution in [0, 0.1) is 0 Å². The predicted octanol–water partition coefficient (Wildman–Crippen LogP) is 4.33. The van der Waals surface area contributed by atoms with E-state index in [0.717, 1.165) is 24.8 Å². The molecular formula is C20H23NO5. The monoisotopic (exact) mass is 357 g/mol. The molecule has 0 bridgehead atoms. The summed E-state index contributed by atoms with van der Waals surface area (Å²) in [6.07, 6.45) is 5.49. The number of aromatic hydroxyl groups is 1. The molecule has 0 fully saturated rings. The number of hydrogen-bond acceptors (Lipinski definition) is 4. The van der Waals surface area contributed by atoms with Crippen LogP contribution < -0.4 is 10.1 Å². The number of anilines is 1. The summed E-state index contributed by atoms with van der Waals surface area (Å²) in [6, 6.07) is 11.7. The number of aryl methyl sites for hydroxylation is 1. The van der Waals surface area contributed by atoms with Gasteiger partial charge in [-0.2, -0.15) is 0 Å². The van der Waals surface area contributed by atoms with Crippen molar-refractivity contribution in [2.75, 3.05) is 5.32 Å². The van der Waals surface area contributed by atoms with Crippen molar-refractivity contribution in [3.8, 4) is 17.2 Å². The molecule has 2 aromatic carbocycles. The number of carbonyl (C=O) groups excluding carboxylic acids is 1. The lowest BCUT2D eigenvalue weighted by Gasteiger charge is -2.13. The number of rotatable bonds is 8. The third-order valence-electron chi connectivity index (χ3n) is 3.89. The van der Waals surface area contributed by atoms with Crippen LogP contribution in [0.5, 0.6) is 17.2 Å². The number of phenolic OH excluding ortho intramolecular Hbond substituents is 1. The van der Waals surface area contributed by atoms with Crippen molar-refractivity contribution >= 4 is 17.6 Å². The zero-order valence-electron chi connectivity index (χ0n) is 14.7. The Balaban J connectivity index is 2.09. The van der Waals surface area contributed by atoms with E-state index in [1.165, 1.54) is 18.9 Å². The smallest absolute Gasteiger partial charge is 0.394 e. The molecule has 6 heteroatoms. The van der Waals surface area contributed by atoms with Crippen LogP contribution in [0.3, 0.4) is 0 Å². The maximum Gasteiger partial charge on any atom is 0.394 e. The number of hydrogen-bond donors (Lipinski definition) is 3. The highest BCUT2D eigenvalue weighted by atomic mass is 16.5. The first kappa shape index (κ1) is 19.3. The van der Waals surface area contributed by atoms with Gasteiger partial charge in [0.15, 0.2) is 17.2 Å². The van der Waals surface area contributed by atoms with Gasteiger partial charge in [-0.15, -0.1) is 0 Å². The SMILES string of the molecule is CCCCCCc1ccc(Oc2ccccc2NC(=O)C(=O)O)c(O)c1. The fraction of sp³-hybridized carbons (Fsp3) is 0.300. The summed E-state index contributed by atoms with van der Waals surface area (Å²) in [6.45, 7) is 2.16. The molecule has 26 heavy (non-hydrogen) atoms. The maximum atomic E-state index is 11.4. The number of unbranched alkanes of at least 4 members (excludes halogenated alkanes) is 3. The van der Waals surface area contributed by atoms with E-state index in [4.69, 9.17) is 9.84 Å². The number of phenols is 1. The molecule has 6 nitrogen and oxygen atoms in total. The molecule has 0 aromatic heterocycles. The second-order valence-electron chi connectivity index (χ2n) is 5.97. The van der Waals surface area contributed by atoms with Crippen LogP contribution in [0.1, 0.15) is 38.2 Å². The molecule has 0 aliphatic heterocycles. The molecule has 0 unspecified atom stereocenters. The minimum atomic E-state index is -1.59. The summed E-state index contributed by atoms with van der Waals surface area (Å²) in [7, 11) is 0. The Morgan fingerprint density at radius 1 is 1.04 bits per heavy atom. The van der Waals surface area contributed by atoms with Crippen LogP contribution in [0.25, 0.3) is 0 Å². The van der Waals surface area contributed by atoms with E-state index in [0.29, 0.717) is 0 Å². The number of benzene rings is 2. The summed E-state index contributed by atoms with van der Waals surface area (Å²) in [5.74, 6) is -2.27. The number of carboxylic acid groups (broad SMARTS) is 1. The van der Waals surface area contributed by atoms with Crippen LogP contribution in [-0.2, 0) is 16.0 Å². The molecule has 2 rings (SSSR count). The van der Waals surface area contributed by atoms with Crippen LogP contribution in [0.2, 0.25) is 0 Å². The van der Waals surface area contributed by atoms with E-state index in [1.807, 2.05) is 6.07 Å². The van der Waals surface area contributed by atoms with Crippen LogP contribution in [-0.4, -0.2) is 22.1 Å². The molecule has 0 aliphatic rings. The van der Waals surface area contributed by atoms with Gasteiger partial charge in [0.2, 0.25) is 0 Å². The van der Waals surface area contributed by atoms with E-state index in [-0.39, 0.29) is 22.9 Å². The first-order valence-corrected chi connectivity index (χ1v) is 8.64. The maximum absolute atomic E-state index is 11.4. The standard InChI is InChI=1S/C20H23NO5/c1-2-3-4-5-8-14-11-12-18(16(22)13-14)26-17-10-7-6-9-15(17)21-19(23)20(24)25/h6-7,9-13,22H,2-5,8H2,1H3,(H,21,23)(H,24,25). The van der Waals surface area contributed by atoms with Gasteiger partial charge in [0.05, 0.1) is 5.69 Å². The van der Waals surface area contributed by atoms with E-state index in [1.54, 1.807) is 30.3 Å². The third kappa shape index (κ3) is 5.51. The Kier molecular flexibility index (Phi) is 7.02. The highest BCUT2D eigenvalue weighted by molar-refractivity contribution is 6.36. The average molecular weight is 357 g/mol. The Morgan fingerprint density at radius 2 is 1.81 bits per heavy atom. The highest BCUT2D eigenvalue weighted by Gasteiger charge is 2.15. The van der Waals surface area contributed by atoms with Crippen LogP contribution in [0.4, 0.5) is 5.69 Å². The number of amides is 1. The van der Waals surface area contributed by atoms with E-state index < -0.39 is 11.9 Å². The largest absolute Gasteiger partial charge is 0.504 e. The lowest BCUT2D eigenvalue weighted by atomic mass is 10.1. The van der Waals surface area contributed by atoms with Crippen molar-refractivity contribution in [1.29, 1.82) is 0 Å². The average Bonchev–Trinajstić information content (AvgIpc) is 2.62. The van der Waals surface area contributed by atoms with Crippen molar-refractivity contribution in [2.45, 2.75) is 39.0 Å². The quantitative estimate of drug-likeness (QED) is 0.483. The van der Waals surface area contributed by atoms with Gasteiger partial charge in [-0.05, 0) is 42.7 Å². The fourth-order valence-electron chi connectivity index (χ4n) is 2.51. The number of carboxylic acids is 1. The van der Waals surface area contributed by atoms with Crippen molar-refractivity contribution in [3.63, 3.8) is 0 Å². The minimum Gasteiger partial charge on any atom is -0.504 e. The number of ether oxygens (including phenoxy) is 1. The molecule has 0 saturated heterocycles. The molecule has 0 spiro atoms. The Hall–Kier alpha value is -3.02. The summed E-state index contributed by atoms with van der Waals surface area (Å²) >= 11 is 0. The summed E-state index contributed by atoms with van der Waals surface area (Å²) in [5, 5.41) is 21.2. The molecule has 138 valence electrons. The Bertz CT molecular complexity index is 773. The van der Waals surface area contributed by atoms with Crippen molar-refractivity contribution < 1.29 is 24.5 Å². The van der Waals surface area contributed by atoms with E-state index in [2.05, 4.69) is 12.2 Å². The first-order valence-electron chi connectivity index (χ1n) is 8.64. The molecule has 3 N–H and O–H groups in total. The van der Waals surface area contributed by atoms with Gasteiger partial charge >= 0.3 is 11.9 Å². The Morgan fingerprint density at radius 3 is 2.50 bits per heavy atom. The Labute approximate surface area is 152 Å². The molecule has 1 amide bonds. The third-order valence-corrected chi connectivity index (χ3v) is 3.89. The molecule has 0 heterocycles.